The molecule has 0 radical (unpaired) electrons. The maximum absolute atomic E-state index is 6.24. The lowest BCUT2D eigenvalue weighted by Crippen LogP contribution is -1.87. The standard InChI is InChI=1S/C24H18ClO2/c1-26-22-13-9-19(10-14-22)24-16-20(17-5-3-2-4-6-17)15-23(27-24)18-7-11-21(25)12-8-18/h2-16H,1H3/q+1. The van der Waals surface area contributed by atoms with E-state index < -0.39 is 0 Å². The third-order valence-corrected chi connectivity index (χ3v) is 4.66. The molecule has 0 aliphatic heterocycles. The minimum Gasteiger partial charge on any atom is -0.497 e. The average Bonchev–Trinajstić information content (AvgIpc) is 2.74. The van der Waals surface area contributed by atoms with Crippen LogP contribution in [0.5, 0.6) is 5.75 Å². The van der Waals surface area contributed by atoms with Gasteiger partial charge in [-0.05, 0) is 54.1 Å². The third kappa shape index (κ3) is 3.86. The molecule has 1 aromatic heterocycles. The maximum Gasteiger partial charge on any atom is 0.361 e. The molecular formula is C24H18ClO2+. The first-order chi connectivity index (χ1) is 13.2. The molecule has 0 saturated carbocycles. The fourth-order valence-corrected chi connectivity index (χ4v) is 3.08. The van der Waals surface area contributed by atoms with Crippen molar-refractivity contribution in [3.05, 3.63) is 96.0 Å². The molecule has 132 valence electrons. The first kappa shape index (κ1) is 17.3. The zero-order valence-corrected chi connectivity index (χ0v) is 15.6. The minimum absolute atomic E-state index is 0.702. The van der Waals surface area contributed by atoms with E-state index in [9.17, 15) is 0 Å². The summed E-state index contributed by atoms with van der Waals surface area (Å²) in [5.41, 5.74) is 4.20. The fourth-order valence-electron chi connectivity index (χ4n) is 2.95. The molecule has 3 aromatic carbocycles. The van der Waals surface area contributed by atoms with Crippen molar-refractivity contribution in [3.63, 3.8) is 0 Å². The highest BCUT2D eigenvalue weighted by atomic mass is 35.5. The molecule has 27 heavy (non-hydrogen) atoms. The van der Waals surface area contributed by atoms with E-state index in [1.54, 1.807) is 7.11 Å². The van der Waals surface area contributed by atoms with Crippen molar-refractivity contribution in [2.24, 2.45) is 0 Å². The van der Waals surface area contributed by atoms with Gasteiger partial charge in [0.15, 0.2) is 0 Å². The van der Waals surface area contributed by atoms with Gasteiger partial charge in [0.2, 0.25) is 0 Å². The normalized spacial score (nSPS) is 10.6. The Morgan fingerprint density at radius 3 is 1.74 bits per heavy atom. The molecule has 0 aliphatic carbocycles. The topological polar surface area (TPSA) is 20.5 Å². The molecule has 0 unspecified atom stereocenters. The SMILES string of the molecule is COc1ccc(-c2cc(-c3ccccc3)cc(-c3ccc(Cl)cc3)[o+]2)cc1. The third-order valence-electron chi connectivity index (χ3n) is 4.40. The second kappa shape index (κ2) is 7.65. The van der Waals surface area contributed by atoms with Crippen LogP contribution >= 0.6 is 11.6 Å². The molecule has 0 aliphatic rings. The predicted molar refractivity (Wildman–Crippen MR) is 111 cm³/mol. The van der Waals surface area contributed by atoms with Crippen LogP contribution in [0.2, 0.25) is 5.02 Å². The number of methoxy groups -OCH3 is 1. The van der Waals surface area contributed by atoms with Crippen molar-refractivity contribution in [1.82, 2.24) is 0 Å². The Hall–Kier alpha value is -3.10. The fraction of sp³-hybridized carbons (Fsp3) is 0.0417. The van der Waals surface area contributed by atoms with E-state index in [0.717, 1.165) is 39.5 Å². The molecular weight excluding hydrogens is 356 g/mol. The molecule has 0 fully saturated rings. The number of benzene rings is 3. The highest BCUT2D eigenvalue weighted by Gasteiger charge is 2.20. The molecule has 0 bridgehead atoms. The number of rotatable bonds is 4. The number of hydrogen-bond donors (Lipinski definition) is 0. The largest absolute Gasteiger partial charge is 0.497 e. The van der Waals surface area contributed by atoms with Crippen LogP contribution < -0.4 is 4.74 Å². The van der Waals surface area contributed by atoms with Gasteiger partial charge in [-0.15, -0.1) is 0 Å². The number of ether oxygens (including phenoxy) is 1. The van der Waals surface area contributed by atoms with Gasteiger partial charge >= 0.3 is 11.5 Å². The molecule has 3 heteroatoms. The van der Waals surface area contributed by atoms with Crippen molar-refractivity contribution in [3.8, 4) is 39.5 Å². The number of halogens is 1. The Bertz CT molecular complexity index is 1040. The Labute approximate surface area is 163 Å². The first-order valence-electron chi connectivity index (χ1n) is 8.67. The summed E-state index contributed by atoms with van der Waals surface area (Å²) in [7, 11) is 1.66. The monoisotopic (exact) mass is 373 g/mol. The van der Waals surface area contributed by atoms with Gasteiger partial charge in [0.05, 0.1) is 30.4 Å². The van der Waals surface area contributed by atoms with Crippen LogP contribution in [0, 0.1) is 0 Å². The van der Waals surface area contributed by atoms with Crippen LogP contribution in [-0.2, 0) is 0 Å². The summed E-state index contributed by atoms with van der Waals surface area (Å²) in [4.78, 5) is 0. The quantitative estimate of drug-likeness (QED) is 0.352. The van der Waals surface area contributed by atoms with Crippen LogP contribution in [-0.4, -0.2) is 7.11 Å². The maximum atomic E-state index is 6.24. The van der Waals surface area contributed by atoms with Gasteiger partial charge in [-0.2, -0.15) is 0 Å². The van der Waals surface area contributed by atoms with E-state index in [1.807, 2.05) is 66.7 Å². The summed E-state index contributed by atoms with van der Waals surface area (Å²) in [6.07, 6.45) is 0. The van der Waals surface area contributed by atoms with E-state index in [4.69, 9.17) is 20.8 Å². The molecule has 4 rings (SSSR count). The summed E-state index contributed by atoms with van der Waals surface area (Å²) in [6, 6.07) is 29.9. The second-order valence-electron chi connectivity index (χ2n) is 6.18. The Morgan fingerprint density at radius 1 is 0.630 bits per heavy atom. The zero-order valence-electron chi connectivity index (χ0n) is 14.9. The van der Waals surface area contributed by atoms with Crippen molar-refractivity contribution in [2.45, 2.75) is 0 Å². The van der Waals surface area contributed by atoms with E-state index in [-0.39, 0.29) is 0 Å². The summed E-state index contributed by atoms with van der Waals surface area (Å²) in [5, 5.41) is 0.702. The lowest BCUT2D eigenvalue weighted by Gasteiger charge is -2.03. The van der Waals surface area contributed by atoms with E-state index in [2.05, 4.69) is 24.3 Å². The van der Waals surface area contributed by atoms with Gasteiger partial charge in [0, 0.05) is 10.6 Å². The Balaban J connectivity index is 1.87. The van der Waals surface area contributed by atoms with Crippen LogP contribution in [0.15, 0.2) is 95.4 Å². The van der Waals surface area contributed by atoms with Gasteiger partial charge in [0.1, 0.15) is 5.75 Å². The van der Waals surface area contributed by atoms with Crippen LogP contribution in [0.3, 0.4) is 0 Å². The van der Waals surface area contributed by atoms with Gasteiger partial charge in [-0.3, -0.25) is 0 Å². The van der Waals surface area contributed by atoms with Crippen molar-refractivity contribution >= 4 is 11.6 Å². The molecule has 2 nitrogen and oxygen atoms in total. The van der Waals surface area contributed by atoms with E-state index in [0.29, 0.717) is 5.02 Å². The second-order valence-corrected chi connectivity index (χ2v) is 6.61. The number of hydrogen-bond acceptors (Lipinski definition) is 1. The van der Waals surface area contributed by atoms with E-state index in [1.165, 1.54) is 0 Å². The summed E-state index contributed by atoms with van der Waals surface area (Å²) in [6.45, 7) is 0. The highest BCUT2D eigenvalue weighted by Crippen LogP contribution is 2.33. The summed E-state index contributed by atoms with van der Waals surface area (Å²) in [5.74, 6) is 2.40. The molecule has 0 saturated heterocycles. The summed E-state index contributed by atoms with van der Waals surface area (Å²) < 4.78 is 11.5. The Morgan fingerprint density at radius 2 is 1.19 bits per heavy atom. The first-order valence-corrected chi connectivity index (χ1v) is 9.05. The highest BCUT2D eigenvalue weighted by molar-refractivity contribution is 6.30. The molecule has 4 aromatic rings. The smallest absolute Gasteiger partial charge is 0.361 e. The average molecular weight is 374 g/mol. The lowest BCUT2D eigenvalue weighted by atomic mass is 10.0. The van der Waals surface area contributed by atoms with Gasteiger partial charge < -0.3 is 4.74 Å². The molecule has 0 N–H and O–H groups in total. The van der Waals surface area contributed by atoms with Gasteiger partial charge in [-0.1, -0.05) is 41.9 Å². The molecule has 0 spiro atoms. The molecule has 0 amide bonds. The minimum atomic E-state index is 0.702. The van der Waals surface area contributed by atoms with Crippen LogP contribution in [0.1, 0.15) is 0 Å². The predicted octanol–water partition coefficient (Wildman–Crippen LogP) is 7.22. The zero-order chi connectivity index (χ0) is 18.6. The van der Waals surface area contributed by atoms with Crippen LogP contribution in [0.4, 0.5) is 0 Å². The van der Waals surface area contributed by atoms with Crippen molar-refractivity contribution < 1.29 is 9.15 Å². The van der Waals surface area contributed by atoms with Gasteiger partial charge in [0.25, 0.3) is 0 Å². The van der Waals surface area contributed by atoms with Crippen molar-refractivity contribution in [1.29, 1.82) is 0 Å². The molecule has 0 atom stereocenters. The Kier molecular flexibility index (Phi) is 4.91. The summed E-state index contributed by atoms with van der Waals surface area (Å²) >= 11 is 6.04. The van der Waals surface area contributed by atoms with Crippen LogP contribution in [0.25, 0.3) is 33.8 Å². The van der Waals surface area contributed by atoms with Crippen molar-refractivity contribution in [2.75, 3.05) is 7.11 Å². The lowest BCUT2D eigenvalue weighted by molar-refractivity contribution is 0.415. The van der Waals surface area contributed by atoms with E-state index >= 15 is 0 Å². The van der Waals surface area contributed by atoms with Gasteiger partial charge in [-0.25, -0.2) is 4.42 Å². The molecule has 1 heterocycles.